The van der Waals surface area contributed by atoms with Crippen LogP contribution in [0.1, 0.15) is 17.0 Å². The minimum absolute atomic E-state index is 0.112. The molecule has 136 valence electrons. The van der Waals surface area contributed by atoms with Crippen molar-refractivity contribution in [2.24, 2.45) is 5.92 Å². The van der Waals surface area contributed by atoms with Gasteiger partial charge in [0.1, 0.15) is 0 Å². The van der Waals surface area contributed by atoms with Crippen LogP contribution in [-0.2, 0) is 9.59 Å². The Bertz CT molecular complexity index is 807. The number of amides is 3. The molecule has 1 fully saturated rings. The maximum absolute atomic E-state index is 12.3. The number of hydrogen-bond acceptors (Lipinski definition) is 4. The van der Waals surface area contributed by atoms with E-state index < -0.39 is 5.92 Å². The van der Waals surface area contributed by atoms with Gasteiger partial charge >= 0.3 is 0 Å². The number of halogens is 1. The van der Waals surface area contributed by atoms with E-state index in [0.717, 1.165) is 0 Å². The van der Waals surface area contributed by atoms with Crippen molar-refractivity contribution in [3.05, 3.63) is 53.4 Å². The van der Waals surface area contributed by atoms with Gasteiger partial charge in [-0.15, -0.1) is 0 Å². The van der Waals surface area contributed by atoms with Gasteiger partial charge in [-0.3, -0.25) is 14.4 Å². The molecule has 1 aliphatic rings. The average Bonchev–Trinajstić information content (AvgIpc) is 3.28. The maximum Gasteiger partial charge on any atom is 0.287 e. The molecule has 1 atom stereocenters. The monoisotopic (exact) mass is 375 g/mol. The molecule has 1 aromatic heterocycles. The third-order valence-corrected chi connectivity index (χ3v) is 4.31. The van der Waals surface area contributed by atoms with Crippen molar-refractivity contribution in [1.29, 1.82) is 0 Å². The summed E-state index contributed by atoms with van der Waals surface area (Å²) in [7, 11) is 0. The molecule has 0 bridgehead atoms. The van der Waals surface area contributed by atoms with Crippen LogP contribution in [0.3, 0.4) is 0 Å². The molecule has 3 rings (SSSR count). The first kappa shape index (κ1) is 18.0. The molecular weight excluding hydrogens is 358 g/mol. The highest BCUT2D eigenvalue weighted by Gasteiger charge is 2.35. The summed E-state index contributed by atoms with van der Waals surface area (Å²) in [4.78, 5) is 37.7. The molecule has 1 aliphatic heterocycles. The molecule has 0 radical (unpaired) electrons. The molecule has 2 heterocycles. The fourth-order valence-corrected chi connectivity index (χ4v) is 2.96. The number of nitrogens with zero attached hydrogens (tertiary/aromatic N) is 1. The van der Waals surface area contributed by atoms with Crippen LogP contribution in [0.4, 0.5) is 5.69 Å². The largest absolute Gasteiger partial charge is 0.459 e. The first-order valence-corrected chi connectivity index (χ1v) is 8.58. The van der Waals surface area contributed by atoms with E-state index in [4.69, 9.17) is 16.0 Å². The summed E-state index contributed by atoms with van der Waals surface area (Å²) >= 11 is 5.96. The normalized spacial score (nSPS) is 16.6. The minimum Gasteiger partial charge on any atom is -0.459 e. The molecule has 2 aromatic rings. The predicted molar refractivity (Wildman–Crippen MR) is 96.0 cm³/mol. The lowest BCUT2D eigenvalue weighted by Crippen LogP contribution is -2.38. The van der Waals surface area contributed by atoms with E-state index in [2.05, 4.69) is 10.6 Å². The molecule has 3 amide bonds. The van der Waals surface area contributed by atoms with E-state index in [1.54, 1.807) is 41.3 Å². The second kappa shape index (κ2) is 8.05. The van der Waals surface area contributed by atoms with Gasteiger partial charge in [-0.1, -0.05) is 17.7 Å². The van der Waals surface area contributed by atoms with Gasteiger partial charge in [0.15, 0.2) is 5.76 Å². The zero-order valence-electron chi connectivity index (χ0n) is 13.9. The second-order valence-electron chi connectivity index (χ2n) is 5.91. The molecule has 0 saturated carbocycles. The molecule has 1 aromatic carbocycles. The Morgan fingerprint density at radius 2 is 2.00 bits per heavy atom. The Morgan fingerprint density at radius 1 is 1.19 bits per heavy atom. The first-order valence-electron chi connectivity index (χ1n) is 8.20. The quantitative estimate of drug-likeness (QED) is 0.753. The molecule has 1 unspecified atom stereocenters. The highest BCUT2D eigenvalue weighted by Crippen LogP contribution is 2.27. The number of carbonyl (C=O) groups is 3. The van der Waals surface area contributed by atoms with Gasteiger partial charge in [0.05, 0.1) is 12.2 Å². The number of hydrogen-bond donors (Lipinski definition) is 2. The van der Waals surface area contributed by atoms with Crippen LogP contribution in [0.25, 0.3) is 0 Å². The van der Waals surface area contributed by atoms with Crippen molar-refractivity contribution >= 4 is 35.0 Å². The van der Waals surface area contributed by atoms with Gasteiger partial charge in [-0.05, 0) is 30.3 Å². The fourth-order valence-electron chi connectivity index (χ4n) is 2.78. The standard InChI is InChI=1S/C18H18ClN3O4/c19-13-3-1-4-14(10-13)22-11-12(9-16(22)23)17(24)20-6-7-21-18(25)15-5-2-8-26-15/h1-5,8,10,12H,6-7,9,11H2,(H,20,24)(H,21,25). The van der Waals surface area contributed by atoms with Crippen LogP contribution >= 0.6 is 11.6 Å². The second-order valence-corrected chi connectivity index (χ2v) is 6.35. The van der Waals surface area contributed by atoms with Gasteiger partial charge in [-0.2, -0.15) is 0 Å². The molecule has 2 N–H and O–H groups in total. The maximum atomic E-state index is 12.3. The fraction of sp³-hybridized carbons (Fsp3) is 0.278. The molecule has 7 nitrogen and oxygen atoms in total. The zero-order chi connectivity index (χ0) is 18.5. The van der Waals surface area contributed by atoms with E-state index in [-0.39, 0.29) is 43.0 Å². The molecule has 0 aliphatic carbocycles. The molecular formula is C18H18ClN3O4. The number of furan rings is 1. The molecule has 8 heteroatoms. The van der Waals surface area contributed by atoms with Crippen LogP contribution < -0.4 is 15.5 Å². The van der Waals surface area contributed by atoms with Crippen molar-refractivity contribution in [3.63, 3.8) is 0 Å². The Balaban J connectivity index is 1.45. The average molecular weight is 376 g/mol. The van der Waals surface area contributed by atoms with E-state index in [1.807, 2.05) is 0 Å². The third-order valence-electron chi connectivity index (χ3n) is 4.07. The molecule has 0 spiro atoms. The summed E-state index contributed by atoms with van der Waals surface area (Å²) in [5, 5.41) is 5.92. The topological polar surface area (TPSA) is 91.7 Å². The van der Waals surface area contributed by atoms with Gasteiger partial charge in [0.2, 0.25) is 11.8 Å². The number of rotatable bonds is 6. The van der Waals surface area contributed by atoms with E-state index >= 15 is 0 Å². The lowest BCUT2D eigenvalue weighted by molar-refractivity contribution is -0.126. The SMILES string of the molecule is O=C(NCCNC(=O)C1CC(=O)N(c2cccc(Cl)c2)C1)c1ccco1. The smallest absolute Gasteiger partial charge is 0.287 e. The zero-order valence-corrected chi connectivity index (χ0v) is 14.7. The van der Waals surface area contributed by atoms with Crippen molar-refractivity contribution < 1.29 is 18.8 Å². The van der Waals surface area contributed by atoms with Gasteiger partial charge in [0, 0.05) is 36.8 Å². The number of anilines is 1. The van der Waals surface area contributed by atoms with Crippen molar-refractivity contribution in [2.45, 2.75) is 6.42 Å². The Labute approximate surface area is 155 Å². The minimum atomic E-state index is -0.428. The molecule has 26 heavy (non-hydrogen) atoms. The Kier molecular flexibility index (Phi) is 5.58. The van der Waals surface area contributed by atoms with Crippen molar-refractivity contribution in [1.82, 2.24) is 10.6 Å². The van der Waals surface area contributed by atoms with Gasteiger partial charge in [-0.25, -0.2) is 0 Å². The lowest BCUT2D eigenvalue weighted by Gasteiger charge is -2.17. The summed E-state index contributed by atoms with van der Waals surface area (Å²) in [6, 6.07) is 10.2. The van der Waals surface area contributed by atoms with Crippen molar-refractivity contribution in [2.75, 3.05) is 24.5 Å². The van der Waals surface area contributed by atoms with Gasteiger partial charge in [0.25, 0.3) is 5.91 Å². The summed E-state index contributed by atoms with van der Waals surface area (Å²) in [6.07, 6.45) is 1.57. The molecule has 1 saturated heterocycles. The Morgan fingerprint density at radius 3 is 2.73 bits per heavy atom. The number of nitrogens with one attached hydrogen (secondary N) is 2. The number of carbonyl (C=O) groups excluding carboxylic acids is 3. The summed E-state index contributed by atoms with van der Waals surface area (Å²) in [5.74, 6) is -0.877. The Hall–Kier alpha value is -2.80. The van der Waals surface area contributed by atoms with Crippen LogP contribution in [0, 0.1) is 5.92 Å². The van der Waals surface area contributed by atoms with Crippen LogP contribution in [0.15, 0.2) is 47.1 Å². The van der Waals surface area contributed by atoms with E-state index in [9.17, 15) is 14.4 Å². The highest BCUT2D eigenvalue weighted by atomic mass is 35.5. The van der Waals surface area contributed by atoms with Crippen LogP contribution in [0.5, 0.6) is 0 Å². The van der Waals surface area contributed by atoms with Crippen LogP contribution in [-0.4, -0.2) is 37.4 Å². The van der Waals surface area contributed by atoms with Crippen LogP contribution in [0.2, 0.25) is 5.02 Å². The highest BCUT2D eigenvalue weighted by molar-refractivity contribution is 6.31. The lowest BCUT2D eigenvalue weighted by atomic mass is 10.1. The summed E-state index contributed by atoms with van der Waals surface area (Å²) < 4.78 is 4.98. The third kappa shape index (κ3) is 4.23. The summed E-state index contributed by atoms with van der Waals surface area (Å²) in [6.45, 7) is 0.848. The van der Waals surface area contributed by atoms with E-state index in [0.29, 0.717) is 17.3 Å². The van der Waals surface area contributed by atoms with E-state index in [1.165, 1.54) is 6.26 Å². The van der Waals surface area contributed by atoms with Gasteiger partial charge < -0.3 is 20.0 Å². The summed E-state index contributed by atoms with van der Waals surface area (Å²) in [5.41, 5.74) is 0.684. The predicted octanol–water partition coefficient (Wildman–Crippen LogP) is 1.83. The first-order chi connectivity index (χ1) is 12.5. The number of benzene rings is 1. The van der Waals surface area contributed by atoms with Crippen molar-refractivity contribution in [3.8, 4) is 0 Å².